The zero-order chi connectivity index (χ0) is 14.6. The van der Waals surface area contributed by atoms with Crippen molar-refractivity contribution in [2.75, 3.05) is 0 Å². The Labute approximate surface area is 123 Å². The highest BCUT2D eigenvalue weighted by molar-refractivity contribution is 6.36. The molecule has 1 aromatic rings. The third kappa shape index (κ3) is 4.77. The van der Waals surface area contributed by atoms with E-state index in [2.05, 4.69) is 25.7 Å². The summed E-state index contributed by atoms with van der Waals surface area (Å²) >= 11 is 12.4. The van der Waals surface area contributed by atoms with E-state index in [4.69, 9.17) is 28.9 Å². The molecule has 0 aromatic heterocycles. The van der Waals surface area contributed by atoms with Gasteiger partial charge >= 0.3 is 0 Å². The Bertz CT molecular complexity index is 498. The smallest absolute Gasteiger partial charge is 0.229 e. The largest absolute Gasteiger partial charge is 0.386 e. The number of rotatable bonds is 5. The second-order valence-corrected chi connectivity index (χ2v) is 5.63. The molecule has 0 saturated heterocycles. The lowest BCUT2D eigenvalue weighted by Gasteiger charge is -2.13. The van der Waals surface area contributed by atoms with Crippen molar-refractivity contribution >= 4 is 29.1 Å². The van der Waals surface area contributed by atoms with Crippen LogP contribution >= 0.6 is 23.2 Å². The summed E-state index contributed by atoms with van der Waals surface area (Å²) in [6.45, 7) is 7.63. The average molecular weight is 301 g/mol. The van der Waals surface area contributed by atoms with Crippen LogP contribution in [0.5, 0.6) is 0 Å². The maximum Gasteiger partial charge on any atom is 0.229 e. The molecule has 0 saturated carbocycles. The monoisotopic (exact) mass is 300 g/mol. The third-order valence-corrected chi connectivity index (χ3v) is 3.36. The fraction of sp³-hybridized carbons (Fsp3) is 0.357. The van der Waals surface area contributed by atoms with Crippen molar-refractivity contribution in [3.63, 3.8) is 0 Å². The van der Waals surface area contributed by atoms with E-state index in [1.54, 1.807) is 6.07 Å². The van der Waals surface area contributed by atoms with Gasteiger partial charge in [0.25, 0.3) is 0 Å². The van der Waals surface area contributed by atoms with Gasteiger partial charge in [-0.25, -0.2) is 0 Å². The Morgan fingerprint density at radius 2 is 2.05 bits per heavy atom. The van der Waals surface area contributed by atoms with Gasteiger partial charge in [0.1, 0.15) is 0 Å². The zero-order valence-corrected chi connectivity index (χ0v) is 12.6. The van der Waals surface area contributed by atoms with Crippen molar-refractivity contribution in [1.29, 1.82) is 0 Å². The van der Waals surface area contributed by atoms with Crippen LogP contribution in [0.3, 0.4) is 0 Å². The van der Waals surface area contributed by atoms with Gasteiger partial charge in [0.2, 0.25) is 5.91 Å². The van der Waals surface area contributed by atoms with Crippen LogP contribution in [0.4, 0.5) is 0 Å². The van der Waals surface area contributed by atoms with Crippen LogP contribution in [0.15, 0.2) is 24.5 Å². The van der Waals surface area contributed by atoms with Crippen LogP contribution in [-0.4, -0.2) is 5.91 Å². The third-order valence-electron chi connectivity index (χ3n) is 2.53. The number of amides is 1. The second-order valence-electron chi connectivity index (χ2n) is 4.85. The van der Waals surface area contributed by atoms with E-state index in [9.17, 15) is 4.79 Å². The number of carbonyl (C=O) groups excluding carboxylic acids is 1. The highest BCUT2D eigenvalue weighted by atomic mass is 35.5. The van der Waals surface area contributed by atoms with E-state index in [0.717, 1.165) is 12.0 Å². The number of halogens is 2. The topological polar surface area (TPSA) is 55.1 Å². The molecule has 104 valence electrons. The van der Waals surface area contributed by atoms with Crippen LogP contribution in [0.1, 0.15) is 25.0 Å². The summed E-state index contributed by atoms with van der Waals surface area (Å²) in [5.74, 6) is 0.303. The molecule has 0 unspecified atom stereocenters. The molecule has 0 aliphatic heterocycles. The van der Waals surface area contributed by atoms with E-state index in [1.165, 1.54) is 0 Å². The molecular weight excluding hydrogens is 283 g/mol. The molecule has 0 bridgehead atoms. The minimum absolute atomic E-state index is 0.0832. The molecule has 1 aromatic carbocycles. The SMILES string of the molecule is C=C(N)NC(=O)Cc1c(Cl)ccc(CC(C)C)c1Cl. The van der Waals surface area contributed by atoms with Gasteiger partial charge < -0.3 is 11.1 Å². The van der Waals surface area contributed by atoms with Gasteiger partial charge in [-0.1, -0.05) is 49.7 Å². The minimum Gasteiger partial charge on any atom is -0.386 e. The van der Waals surface area contributed by atoms with Gasteiger partial charge in [-0.2, -0.15) is 0 Å². The fourth-order valence-electron chi connectivity index (χ4n) is 1.79. The number of hydrogen-bond donors (Lipinski definition) is 2. The Morgan fingerprint density at radius 1 is 1.42 bits per heavy atom. The molecule has 1 rings (SSSR count). The molecule has 3 N–H and O–H groups in total. The Kier molecular flexibility index (Phi) is 5.70. The fourth-order valence-corrected chi connectivity index (χ4v) is 2.37. The molecule has 0 atom stereocenters. The van der Waals surface area contributed by atoms with E-state index >= 15 is 0 Å². The summed E-state index contributed by atoms with van der Waals surface area (Å²) in [6, 6.07) is 3.67. The molecule has 19 heavy (non-hydrogen) atoms. The van der Waals surface area contributed by atoms with Crippen LogP contribution < -0.4 is 11.1 Å². The lowest BCUT2D eigenvalue weighted by atomic mass is 9.99. The molecule has 0 spiro atoms. The van der Waals surface area contributed by atoms with Crippen molar-refractivity contribution in [3.05, 3.63) is 45.7 Å². The lowest BCUT2D eigenvalue weighted by Crippen LogP contribution is -2.28. The van der Waals surface area contributed by atoms with Crippen molar-refractivity contribution < 1.29 is 4.79 Å². The van der Waals surface area contributed by atoms with Gasteiger partial charge in [-0.15, -0.1) is 0 Å². The molecule has 0 fully saturated rings. The first-order valence-corrected chi connectivity index (χ1v) is 6.76. The molecular formula is C14H18Cl2N2O. The highest BCUT2D eigenvalue weighted by Crippen LogP contribution is 2.30. The normalized spacial score (nSPS) is 10.6. The predicted molar refractivity (Wildman–Crippen MR) is 80.2 cm³/mol. The minimum atomic E-state index is -0.280. The van der Waals surface area contributed by atoms with Crippen LogP contribution in [0.2, 0.25) is 10.0 Å². The van der Waals surface area contributed by atoms with Gasteiger partial charge in [0, 0.05) is 10.0 Å². The number of carbonyl (C=O) groups is 1. The zero-order valence-electron chi connectivity index (χ0n) is 11.1. The van der Waals surface area contributed by atoms with Crippen molar-refractivity contribution in [2.45, 2.75) is 26.7 Å². The molecule has 3 nitrogen and oxygen atoms in total. The first kappa shape index (κ1) is 15.9. The first-order chi connectivity index (χ1) is 8.81. The van der Waals surface area contributed by atoms with E-state index in [-0.39, 0.29) is 18.1 Å². The van der Waals surface area contributed by atoms with Gasteiger partial charge in [0.15, 0.2) is 0 Å². The number of hydrogen-bond acceptors (Lipinski definition) is 2. The molecule has 0 radical (unpaired) electrons. The maximum absolute atomic E-state index is 11.7. The Hall–Kier alpha value is -1.19. The van der Waals surface area contributed by atoms with Crippen molar-refractivity contribution in [1.82, 2.24) is 5.32 Å². The summed E-state index contributed by atoms with van der Waals surface area (Å²) in [5.41, 5.74) is 6.95. The Morgan fingerprint density at radius 3 is 2.58 bits per heavy atom. The summed E-state index contributed by atoms with van der Waals surface area (Å²) in [5, 5.41) is 3.47. The van der Waals surface area contributed by atoms with Crippen molar-refractivity contribution in [2.24, 2.45) is 11.7 Å². The summed E-state index contributed by atoms with van der Waals surface area (Å²) in [4.78, 5) is 11.7. The molecule has 0 heterocycles. The summed E-state index contributed by atoms with van der Waals surface area (Å²) in [6.07, 6.45) is 0.925. The van der Waals surface area contributed by atoms with Gasteiger partial charge in [0.05, 0.1) is 12.2 Å². The van der Waals surface area contributed by atoms with Crippen LogP contribution in [0.25, 0.3) is 0 Å². The number of benzene rings is 1. The maximum atomic E-state index is 11.7. The first-order valence-electron chi connectivity index (χ1n) is 6.01. The standard InChI is InChI=1S/C14H18Cl2N2O/c1-8(2)6-10-4-5-12(15)11(14(10)16)7-13(19)18-9(3)17/h4-5,8H,3,6-7,17H2,1-2H3,(H,18,19). The lowest BCUT2D eigenvalue weighted by molar-refractivity contribution is -0.119. The number of nitrogens with two attached hydrogens (primary N) is 1. The number of nitrogens with one attached hydrogen (secondary N) is 1. The average Bonchev–Trinajstić information content (AvgIpc) is 2.27. The van der Waals surface area contributed by atoms with E-state index in [0.29, 0.717) is 21.5 Å². The summed E-state index contributed by atoms with van der Waals surface area (Å²) in [7, 11) is 0. The molecule has 0 aliphatic carbocycles. The molecule has 0 aliphatic rings. The highest BCUT2D eigenvalue weighted by Gasteiger charge is 2.15. The predicted octanol–water partition coefficient (Wildman–Crippen LogP) is 3.28. The molecule has 5 heteroatoms. The second kappa shape index (κ2) is 6.83. The quantitative estimate of drug-likeness (QED) is 0.877. The Balaban J connectivity index is 2.99. The van der Waals surface area contributed by atoms with Crippen molar-refractivity contribution in [3.8, 4) is 0 Å². The molecule has 1 amide bonds. The van der Waals surface area contributed by atoms with E-state index < -0.39 is 0 Å². The van der Waals surface area contributed by atoms with Gasteiger partial charge in [-0.05, 0) is 29.5 Å². The van der Waals surface area contributed by atoms with Crippen LogP contribution in [0, 0.1) is 5.92 Å². The van der Waals surface area contributed by atoms with Gasteiger partial charge in [-0.3, -0.25) is 4.79 Å². The van der Waals surface area contributed by atoms with E-state index in [1.807, 2.05) is 6.07 Å². The summed E-state index contributed by atoms with van der Waals surface area (Å²) < 4.78 is 0. The van der Waals surface area contributed by atoms with Crippen LogP contribution in [-0.2, 0) is 17.6 Å².